The first-order valence-electron chi connectivity index (χ1n) is 23.1. The molecule has 25 nitrogen and oxygen atoms in total. The lowest BCUT2D eigenvalue weighted by atomic mass is 10.00. The third kappa shape index (κ3) is 19.4. The molecule has 9 amide bonds. The lowest BCUT2D eigenvalue weighted by molar-refractivity contribution is -0.369. The van der Waals surface area contributed by atoms with Crippen molar-refractivity contribution < 1.29 is 70.6 Å². The van der Waals surface area contributed by atoms with E-state index in [1.165, 1.54) is 13.8 Å². The lowest BCUT2D eigenvalue weighted by Gasteiger charge is -2.28. The second kappa shape index (κ2) is 29.8. The SMILES string of the molecule is CC(C)CC1NC(=O)C(Cc2ccccc2)NC(=O)C(CCN)NC(=O)C(NC(=O)C(CC[NH3+])NC(=O)C(N)C(C)O)CCNC(=O)C(C(C)O)NC(=O)C(CC[NH3+])NC(=O)C(CC[NH3+])NC1=O. The van der Waals surface area contributed by atoms with Crippen molar-refractivity contribution in [3.05, 3.63) is 35.9 Å². The summed E-state index contributed by atoms with van der Waals surface area (Å²) in [5.74, 6) is -7.76. The number of aliphatic hydroxyl groups is 2. The smallest absolute Gasteiger partial charge is 0.245 e. The largest absolute Gasteiger partial charge is 0.391 e. The fourth-order valence-corrected chi connectivity index (χ4v) is 7.11. The molecule has 2 rings (SSSR count). The maximum Gasteiger partial charge on any atom is 0.245 e. The highest BCUT2D eigenvalue weighted by atomic mass is 16.3. The number of hydrogen-bond acceptors (Lipinski definition) is 13. The van der Waals surface area contributed by atoms with Gasteiger partial charge in [-0.1, -0.05) is 44.2 Å². The number of amides is 9. The number of nitrogens with two attached hydrogens (primary N) is 2. The zero-order valence-corrected chi connectivity index (χ0v) is 39.6. The summed E-state index contributed by atoms with van der Waals surface area (Å²) in [6, 6.07) is -3.66. The molecule has 1 fully saturated rings. The summed E-state index contributed by atoms with van der Waals surface area (Å²) in [6.07, 6.45) is -3.26. The van der Waals surface area contributed by atoms with Gasteiger partial charge in [-0.25, -0.2) is 0 Å². The minimum atomic E-state index is -1.60. The molecule has 0 radical (unpaired) electrons. The molecule has 0 spiro atoms. The van der Waals surface area contributed by atoms with Crippen LogP contribution in [-0.2, 0) is 49.6 Å². The number of nitrogens with one attached hydrogen (secondary N) is 9. The van der Waals surface area contributed by atoms with Crippen molar-refractivity contribution in [2.45, 2.75) is 139 Å². The van der Waals surface area contributed by atoms with Crippen molar-refractivity contribution in [2.75, 3.05) is 32.7 Å². The van der Waals surface area contributed by atoms with Crippen LogP contribution in [0.3, 0.4) is 0 Å². The first-order valence-corrected chi connectivity index (χ1v) is 23.1. The number of carbonyl (C=O) groups excluding carboxylic acids is 9. The molecule has 0 aliphatic carbocycles. The maximum absolute atomic E-state index is 14.3. The van der Waals surface area contributed by atoms with Crippen molar-refractivity contribution in [2.24, 2.45) is 17.4 Å². The highest BCUT2D eigenvalue weighted by molar-refractivity contribution is 5.98. The van der Waals surface area contributed by atoms with E-state index in [9.17, 15) is 53.4 Å². The van der Waals surface area contributed by atoms with E-state index < -0.39 is 120 Å². The zero-order chi connectivity index (χ0) is 51.1. The highest BCUT2D eigenvalue weighted by Crippen LogP contribution is 2.11. The molecule has 0 aromatic heterocycles. The number of aliphatic hydroxyl groups excluding tert-OH is 2. The van der Waals surface area contributed by atoms with Crippen LogP contribution in [-0.4, -0.2) is 163 Å². The molecule has 1 heterocycles. The molecule has 68 heavy (non-hydrogen) atoms. The quantitative estimate of drug-likeness (QED) is 0.0651. The monoisotopic (exact) mass is 966 g/mol. The van der Waals surface area contributed by atoms with E-state index in [-0.39, 0.29) is 83.6 Å². The van der Waals surface area contributed by atoms with Gasteiger partial charge in [0.25, 0.3) is 0 Å². The highest BCUT2D eigenvalue weighted by Gasteiger charge is 2.36. The summed E-state index contributed by atoms with van der Waals surface area (Å²) in [7, 11) is 0. The van der Waals surface area contributed by atoms with Gasteiger partial charge in [-0.2, -0.15) is 0 Å². The number of rotatable bonds is 18. The van der Waals surface area contributed by atoms with Gasteiger partial charge in [0.2, 0.25) is 53.2 Å². The molecular formula is C43H77N14O11+3. The Hall–Kier alpha value is -5.83. The fourth-order valence-electron chi connectivity index (χ4n) is 7.11. The van der Waals surface area contributed by atoms with Crippen LogP contribution in [0.1, 0.15) is 71.8 Å². The van der Waals surface area contributed by atoms with Crippen molar-refractivity contribution in [1.82, 2.24) is 47.9 Å². The van der Waals surface area contributed by atoms with Crippen LogP contribution in [0, 0.1) is 5.92 Å². The van der Waals surface area contributed by atoms with Crippen molar-refractivity contribution >= 4 is 53.2 Å². The molecule has 0 bridgehead atoms. The Morgan fingerprint density at radius 1 is 0.676 bits per heavy atom. The van der Waals surface area contributed by atoms with Gasteiger partial charge in [-0.05, 0) is 51.1 Å². The Bertz CT molecular complexity index is 1840. The molecule has 1 aliphatic heterocycles. The van der Waals surface area contributed by atoms with E-state index in [0.717, 1.165) is 0 Å². The number of benzene rings is 1. The second-order valence-electron chi connectivity index (χ2n) is 17.3. The predicted molar refractivity (Wildman–Crippen MR) is 245 cm³/mol. The van der Waals surface area contributed by atoms with Gasteiger partial charge >= 0.3 is 0 Å². The lowest BCUT2D eigenvalue weighted by Crippen LogP contribution is -2.63. The van der Waals surface area contributed by atoms with Gasteiger partial charge in [0.15, 0.2) is 0 Å². The van der Waals surface area contributed by atoms with Crippen LogP contribution >= 0.6 is 0 Å². The molecule has 1 aromatic rings. The molecule has 1 saturated heterocycles. The third-order valence-corrected chi connectivity index (χ3v) is 11.0. The van der Waals surface area contributed by atoms with Crippen LogP contribution in [0.5, 0.6) is 0 Å². The van der Waals surface area contributed by atoms with E-state index in [4.69, 9.17) is 11.5 Å². The van der Waals surface area contributed by atoms with E-state index in [1.807, 2.05) is 13.8 Å². The Kier molecular flexibility index (Phi) is 25.6. The summed E-state index contributed by atoms with van der Waals surface area (Å²) in [4.78, 5) is 124. The minimum Gasteiger partial charge on any atom is -0.391 e. The summed E-state index contributed by atoms with van der Waals surface area (Å²) in [5, 5.41) is 43.8. The maximum atomic E-state index is 14.3. The van der Waals surface area contributed by atoms with Crippen LogP contribution in [0.4, 0.5) is 0 Å². The molecule has 25 heteroatoms. The van der Waals surface area contributed by atoms with Gasteiger partial charge in [0.1, 0.15) is 54.4 Å². The number of quaternary nitrogens is 3. The van der Waals surface area contributed by atoms with E-state index in [0.29, 0.717) is 5.56 Å². The average Bonchev–Trinajstić information content (AvgIpc) is 3.28. The van der Waals surface area contributed by atoms with Crippen molar-refractivity contribution in [3.63, 3.8) is 0 Å². The summed E-state index contributed by atoms with van der Waals surface area (Å²) in [6.45, 7) is 6.11. The zero-order valence-electron chi connectivity index (χ0n) is 39.6. The average molecular weight is 966 g/mol. The van der Waals surface area contributed by atoms with Gasteiger partial charge in [0, 0.05) is 32.2 Å². The number of hydrogen-bond donors (Lipinski definition) is 16. The normalized spacial score (nSPS) is 24.9. The molecule has 0 saturated carbocycles. The molecule has 1 aliphatic rings. The van der Waals surface area contributed by atoms with Gasteiger partial charge in [0.05, 0.1) is 31.8 Å². The Labute approximate surface area is 396 Å². The second-order valence-corrected chi connectivity index (χ2v) is 17.3. The molecule has 11 atom stereocenters. The van der Waals surface area contributed by atoms with Gasteiger partial charge in [-0.15, -0.1) is 0 Å². The molecule has 382 valence electrons. The number of carbonyl (C=O) groups is 9. The fraction of sp³-hybridized carbons (Fsp3) is 0.651. The first-order chi connectivity index (χ1) is 32.2. The Balaban J connectivity index is 2.74. The van der Waals surface area contributed by atoms with Gasteiger partial charge in [-0.3, -0.25) is 43.2 Å². The van der Waals surface area contributed by atoms with Crippen molar-refractivity contribution in [1.29, 1.82) is 0 Å². The van der Waals surface area contributed by atoms with Crippen LogP contribution in [0.15, 0.2) is 30.3 Å². The van der Waals surface area contributed by atoms with E-state index in [1.54, 1.807) is 30.3 Å². The first kappa shape index (κ1) is 58.3. The summed E-state index contributed by atoms with van der Waals surface area (Å²) in [5.41, 5.74) is 23.6. The van der Waals surface area contributed by atoms with Crippen LogP contribution in [0.2, 0.25) is 0 Å². The standard InChI is InChI=1S/C43H74N14O11/c1-22(2)20-31-40(65)52-26(10-15-44)35(60)51-29(13-18-47)39(64)57-34(24(4)59)43(68)49-19-14-30(53-36(61)28(12-17-46)54-42(67)33(48)23(3)58)38(63)50-27(11-16-45)37(62)56-32(41(66)55-31)21-25-8-6-5-7-9-25/h5-9,22-24,26-34,58-59H,10-21,44-48H2,1-4H3,(H,49,68)(H,50,63)(H,51,60)(H,52,65)(H,53,61)(H,54,67)(H,55,66)(H,56,62)(H,57,64)/p+3. The molecule has 11 unspecified atom stereocenters. The Morgan fingerprint density at radius 2 is 1.18 bits per heavy atom. The van der Waals surface area contributed by atoms with Crippen molar-refractivity contribution in [3.8, 4) is 0 Å². The summed E-state index contributed by atoms with van der Waals surface area (Å²) < 4.78 is 0. The summed E-state index contributed by atoms with van der Waals surface area (Å²) >= 11 is 0. The van der Waals surface area contributed by atoms with E-state index in [2.05, 4.69) is 65.1 Å². The Morgan fingerprint density at radius 3 is 1.69 bits per heavy atom. The topological polar surface area (TPSA) is 437 Å². The van der Waals surface area contributed by atoms with Gasteiger partial charge < -0.3 is 86.7 Å². The predicted octanol–water partition coefficient (Wildman–Crippen LogP) is -8.99. The van der Waals surface area contributed by atoms with Crippen LogP contribution < -0.4 is 76.5 Å². The van der Waals surface area contributed by atoms with E-state index >= 15 is 0 Å². The molecule has 1 aromatic carbocycles. The molecular weight excluding hydrogens is 889 g/mol. The third-order valence-electron chi connectivity index (χ3n) is 11.0. The molecule has 24 N–H and O–H groups in total. The minimum absolute atomic E-state index is 0.0144. The van der Waals surface area contributed by atoms with Crippen LogP contribution in [0.25, 0.3) is 0 Å².